The van der Waals surface area contributed by atoms with Gasteiger partial charge >= 0.3 is 5.97 Å². The number of fused-ring (bicyclic) bond motifs is 1. The summed E-state index contributed by atoms with van der Waals surface area (Å²) < 4.78 is 10.6. The van der Waals surface area contributed by atoms with Crippen molar-refractivity contribution in [2.45, 2.75) is 39.2 Å². The third-order valence-electron chi connectivity index (χ3n) is 4.52. The molecular weight excluding hydrogens is 294 g/mol. The first kappa shape index (κ1) is 15.6. The van der Waals surface area contributed by atoms with Crippen LogP contribution in [0, 0.1) is 13.8 Å². The Bertz CT molecular complexity index is 762. The number of piperidine rings is 1. The minimum Gasteiger partial charge on any atom is -0.467 e. The lowest BCUT2D eigenvalue weighted by molar-refractivity contribution is -0.147. The number of rotatable bonds is 2. The van der Waals surface area contributed by atoms with Gasteiger partial charge in [-0.15, -0.1) is 0 Å². The Labute approximate surface area is 135 Å². The molecule has 5 heteroatoms. The fraction of sp³-hybridized carbons (Fsp3) is 0.444. The molecule has 1 saturated heterocycles. The molecule has 2 aromatic rings. The maximum absolute atomic E-state index is 12.9. The standard InChI is InChI=1S/C18H21NO4/c1-11-7-8-15-13(10-11)12(2)16(23-15)17(20)19-9-5-4-6-14(19)18(21)22-3/h7-8,10,14H,4-6,9H2,1-3H3. The number of aryl methyl sites for hydroxylation is 2. The van der Waals surface area contributed by atoms with Crippen LogP contribution in [0.1, 0.15) is 40.9 Å². The van der Waals surface area contributed by atoms with Gasteiger partial charge in [-0.3, -0.25) is 4.79 Å². The molecule has 1 amide bonds. The Morgan fingerprint density at radius 3 is 2.78 bits per heavy atom. The maximum Gasteiger partial charge on any atom is 0.328 e. The van der Waals surface area contributed by atoms with Gasteiger partial charge in [0.15, 0.2) is 5.76 Å². The molecule has 3 rings (SSSR count). The monoisotopic (exact) mass is 315 g/mol. The zero-order valence-corrected chi connectivity index (χ0v) is 13.7. The molecule has 1 aliphatic heterocycles. The fourth-order valence-corrected chi connectivity index (χ4v) is 3.22. The largest absolute Gasteiger partial charge is 0.467 e. The lowest BCUT2D eigenvalue weighted by Crippen LogP contribution is -2.48. The number of carbonyl (C=O) groups excluding carboxylic acids is 2. The van der Waals surface area contributed by atoms with Crippen LogP contribution in [0.15, 0.2) is 22.6 Å². The first-order valence-electron chi connectivity index (χ1n) is 7.91. The van der Waals surface area contributed by atoms with Crippen LogP contribution < -0.4 is 0 Å². The van der Waals surface area contributed by atoms with E-state index in [4.69, 9.17) is 9.15 Å². The van der Waals surface area contributed by atoms with Gasteiger partial charge in [-0.2, -0.15) is 0 Å². The molecule has 1 aromatic heterocycles. The number of esters is 1. The molecule has 1 unspecified atom stereocenters. The van der Waals surface area contributed by atoms with Gasteiger partial charge in [0.25, 0.3) is 5.91 Å². The Hall–Kier alpha value is -2.30. The summed E-state index contributed by atoms with van der Waals surface area (Å²) in [6.07, 6.45) is 2.44. The first-order valence-corrected chi connectivity index (χ1v) is 7.91. The van der Waals surface area contributed by atoms with Crippen molar-refractivity contribution in [3.8, 4) is 0 Å². The van der Waals surface area contributed by atoms with Crippen molar-refractivity contribution < 1.29 is 18.7 Å². The van der Waals surface area contributed by atoms with Crippen molar-refractivity contribution in [2.24, 2.45) is 0 Å². The van der Waals surface area contributed by atoms with Gasteiger partial charge in [0.2, 0.25) is 0 Å². The summed E-state index contributed by atoms with van der Waals surface area (Å²) in [4.78, 5) is 26.5. The Morgan fingerprint density at radius 1 is 1.26 bits per heavy atom. The van der Waals surface area contributed by atoms with Gasteiger partial charge in [0.05, 0.1) is 7.11 Å². The van der Waals surface area contributed by atoms with Gasteiger partial charge < -0.3 is 14.1 Å². The minimum atomic E-state index is -0.518. The second-order valence-corrected chi connectivity index (χ2v) is 6.09. The van der Waals surface area contributed by atoms with E-state index in [-0.39, 0.29) is 11.9 Å². The summed E-state index contributed by atoms with van der Waals surface area (Å²) in [5, 5.41) is 0.944. The molecule has 0 saturated carbocycles. The summed E-state index contributed by atoms with van der Waals surface area (Å²) in [5.41, 5.74) is 2.64. The van der Waals surface area contributed by atoms with Crippen LogP contribution in [0.5, 0.6) is 0 Å². The number of carbonyl (C=O) groups is 2. The van der Waals surface area contributed by atoms with Gasteiger partial charge in [-0.1, -0.05) is 11.6 Å². The quantitative estimate of drug-likeness (QED) is 0.798. The molecule has 1 fully saturated rings. The number of amides is 1. The molecule has 23 heavy (non-hydrogen) atoms. The number of hydrogen-bond acceptors (Lipinski definition) is 4. The van der Waals surface area contributed by atoms with E-state index in [2.05, 4.69) is 0 Å². The van der Waals surface area contributed by atoms with E-state index >= 15 is 0 Å². The van der Waals surface area contributed by atoms with Crippen LogP contribution >= 0.6 is 0 Å². The highest BCUT2D eigenvalue weighted by atomic mass is 16.5. The molecular formula is C18H21NO4. The number of hydrogen-bond donors (Lipinski definition) is 0. The highest BCUT2D eigenvalue weighted by molar-refractivity contribution is 6.00. The van der Waals surface area contributed by atoms with E-state index in [9.17, 15) is 9.59 Å². The number of likely N-dealkylation sites (tertiary alicyclic amines) is 1. The molecule has 1 aromatic carbocycles. The predicted molar refractivity (Wildman–Crippen MR) is 86.4 cm³/mol. The summed E-state index contributed by atoms with van der Waals surface area (Å²) in [7, 11) is 1.36. The average molecular weight is 315 g/mol. The normalized spacial score (nSPS) is 18.2. The number of methoxy groups -OCH3 is 1. The van der Waals surface area contributed by atoms with Crippen LogP contribution in [0.3, 0.4) is 0 Å². The minimum absolute atomic E-state index is 0.230. The van der Waals surface area contributed by atoms with Gasteiger partial charge in [-0.25, -0.2) is 4.79 Å². The summed E-state index contributed by atoms with van der Waals surface area (Å²) in [5.74, 6) is -0.268. The zero-order chi connectivity index (χ0) is 16.6. The smallest absolute Gasteiger partial charge is 0.328 e. The van der Waals surface area contributed by atoms with Crippen LogP contribution in [0.25, 0.3) is 11.0 Å². The van der Waals surface area contributed by atoms with Gasteiger partial charge in [-0.05, 0) is 45.2 Å². The molecule has 122 valence electrons. The van der Waals surface area contributed by atoms with E-state index in [1.165, 1.54) is 7.11 Å². The molecule has 0 N–H and O–H groups in total. The van der Waals surface area contributed by atoms with E-state index in [0.717, 1.165) is 29.4 Å². The van der Waals surface area contributed by atoms with E-state index < -0.39 is 6.04 Å². The van der Waals surface area contributed by atoms with E-state index in [0.29, 0.717) is 24.3 Å². The number of benzene rings is 1. The van der Waals surface area contributed by atoms with Crippen molar-refractivity contribution in [2.75, 3.05) is 13.7 Å². The summed E-state index contributed by atoms with van der Waals surface area (Å²) in [6.45, 7) is 4.44. The Balaban J connectivity index is 1.98. The van der Waals surface area contributed by atoms with Crippen LogP contribution in [0.4, 0.5) is 0 Å². The Kier molecular flexibility index (Phi) is 4.11. The molecule has 2 heterocycles. The highest BCUT2D eigenvalue weighted by Crippen LogP contribution is 2.29. The molecule has 1 aliphatic rings. The predicted octanol–water partition coefficient (Wildman–Crippen LogP) is 3.22. The lowest BCUT2D eigenvalue weighted by atomic mass is 10.0. The molecule has 0 radical (unpaired) electrons. The second kappa shape index (κ2) is 6.07. The summed E-state index contributed by atoms with van der Waals surface area (Å²) in [6, 6.07) is 5.33. The van der Waals surface area contributed by atoms with Crippen molar-refractivity contribution in [3.63, 3.8) is 0 Å². The van der Waals surface area contributed by atoms with Gasteiger partial charge in [0, 0.05) is 17.5 Å². The van der Waals surface area contributed by atoms with Crippen molar-refractivity contribution in [1.82, 2.24) is 4.90 Å². The van der Waals surface area contributed by atoms with Crippen molar-refractivity contribution in [1.29, 1.82) is 0 Å². The molecule has 0 spiro atoms. The molecule has 5 nitrogen and oxygen atoms in total. The lowest BCUT2D eigenvalue weighted by Gasteiger charge is -2.33. The fourth-order valence-electron chi connectivity index (χ4n) is 3.22. The molecule has 1 atom stereocenters. The number of furan rings is 1. The summed E-state index contributed by atoms with van der Waals surface area (Å²) >= 11 is 0. The number of nitrogens with zero attached hydrogens (tertiary/aromatic N) is 1. The first-order chi connectivity index (χ1) is 11.0. The third-order valence-corrected chi connectivity index (χ3v) is 4.52. The van der Waals surface area contributed by atoms with Crippen LogP contribution in [-0.2, 0) is 9.53 Å². The van der Waals surface area contributed by atoms with Crippen molar-refractivity contribution in [3.05, 3.63) is 35.1 Å². The van der Waals surface area contributed by atoms with E-state index in [1.54, 1.807) is 4.90 Å². The number of ether oxygens (including phenoxy) is 1. The van der Waals surface area contributed by atoms with Gasteiger partial charge in [0.1, 0.15) is 11.6 Å². The molecule has 0 bridgehead atoms. The SMILES string of the molecule is COC(=O)C1CCCCN1C(=O)c1oc2ccc(C)cc2c1C. The average Bonchev–Trinajstić information content (AvgIpc) is 2.90. The van der Waals surface area contributed by atoms with Crippen LogP contribution in [0.2, 0.25) is 0 Å². The second-order valence-electron chi connectivity index (χ2n) is 6.09. The van der Waals surface area contributed by atoms with E-state index in [1.807, 2.05) is 32.0 Å². The van der Waals surface area contributed by atoms with Crippen LogP contribution in [-0.4, -0.2) is 36.5 Å². The highest BCUT2D eigenvalue weighted by Gasteiger charge is 2.35. The zero-order valence-electron chi connectivity index (χ0n) is 13.7. The third kappa shape index (κ3) is 2.71. The topological polar surface area (TPSA) is 59.8 Å². The van der Waals surface area contributed by atoms with Crippen molar-refractivity contribution >= 4 is 22.8 Å². The molecule has 0 aliphatic carbocycles. The Morgan fingerprint density at radius 2 is 2.04 bits per heavy atom. The maximum atomic E-state index is 12.9.